The van der Waals surface area contributed by atoms with Crippen LogP contribution in [0.2, 0.25) is 10.0 Å². The van der Waals surface area contributed by atoms with Crippen LogP contribution in [-0.4, -0.2) is 16.8 Å². The number of halogens is 3. The highest BCUT2D eigenvalue weighted by molar-refractivity contribution is 6.32. The van der Waals surface area contributed by atoms with E-state index in [0.717, 1.165) is 16.5 Å². The van der Waals surface area contributed by atoms with Gasteiger partial charge in [0, 0.05) is 15.6 Å². The van der Waals surface area contributed by atoms with Gasteiger partial charge in [0.2, 0.25) is 0 Å². The second-order valence-electron chi connectivity index (χ2n) is 5.70. The van der Waals surface area contributed by atoms with Crippen molar-refractivity contribution < 1.29 is 14.0 Å². The molecule has 1 aliphatic rings. The predicted molar refractivity (Wildman–Crippen MR) is 89.3 cm³/mol. The van der Waals surface area contributed by atoms with Crippen LogP contribution in [0.4, 0.5) is 9.18 Å². The van der Waals surface area contributed by atoms with Crippen LogP contribution in [0.5, 0.6) is 0 Å². The van der Waals surface area contributed by atoms with Crippen LogP contribution in [0.15, 0.2) is 42.5 Å². The summed E-state index contributed by atoms with van der Waals surface area (Å²) in [6, 6.07) is 10.0. The zero-order valence-electron chi connectivity index (χ0n) is 12.6. The van der Waals surface area contributed by atoms with Crippen LogP contribution in [0.25, 0.3) is 0 Å². The monoisotopic (exact) mass is 366 g/mol. The van der Waals surface area contributed by atoms with Gasteiger partial charge >= 0.3 is 6.03 Å². The number of hydrogen-bond donors (Lipinski definition) is 1. The summed E-state index contributed by atoms with van der Waals surface area (Å²) in [7, 11) is 0. The van der Waals surface area contributed by atoms with Gasteiger partial charge in [0.1, 0.15) is 11.4 Å². The van der Waals surface area contributed by atoms with Crippen molar-refractivity contribution in [2.45, 2.75) is 19.0 Å². The zero-order chi connectivity index (χ0) is 17.5. The van der Waals surface area contributed by atoms with Crippen molar-refractivity contribution in [2.24, 2.45) is 0 Å². The van der Waals surface area contributed by atoms with Crippen molar-refractivity contribution in [3.8, 4) is 0 Å². The lowest BCUT2D eigenvalue weighted by molar-refractivity contribution is -0.131. The average molecular weight is 367 g/mol. The van der Waals surface area contributed by atoms with Crippen LogP contribution in [0, 0.1) is 5.82 Å². The van der Waals surface area contributed by atoms with E-state index in [0.29, 0.717) is 10.6 Å². The first-order chi connectivity index (χ1) is 11.3. The van der Waals surface area contributed by atoms with E-state index in [4.69, 9.17) is 23.2 Å². The maximum Gasteiger partial charge on any atom is 0.325 e. The molecule has 4 nitrogen and oxygen atoms in total. The van der Waals surface area contributed by atoms with Crippen LogP contribution >= 0.6 is 23.2 Å². The molecule has 0 aliphatic carbocycles. The van der Waals surface area contributed by atoms with Crippen molar-refractivity contribution in [1.29, 1.82) is 0 Å². The molecule has 1 aliphatic heterocycles. The first kappa shape index (κ1) is 16.7. The molecule has 7 heteroatoms. The van der Waals surface area contributed by atoms with Crippen molar-refractivity contribution in [3.05, 3.63) is 69.5 Å². The van der Waals surface area contributed by atoms with Gasteiger partial charge in [0.15, 0.2) is 0 Å². The number of carbonyl (C=O) groups is 2. The molecule has 2 aromatic rings. The molecule has 124 valence electrons. The fourth-order valence-corrected chi connectivity index (χ4v) is 3.17. The van der Waals surface area contributed by atoms with Crippen molar-refractivity contribution in [3.63, 3.8) is 0 Å². The van der Waals surface area contributed by atoms with Crippen molar-refractivity contribution in [2.75, 3.05) is 0 Å². The summed E-state index contributed by atoms with van der Waals surface area (Å²) in [4.78, 5) is 26.2. The third kappa shape index (κ3) is 2.85. The molecule has 2 aromatic carbocycles. The molecule has 1 N–H and O–H groups in total. The number of hydrogen-bond acceptors (Lipinski definition) is 2. The van der Waals surface area contributed by atoms with Gasteiger partial charge in [0.25, 0.3) is 5.91 Å². The van der Waals surface area contributed by atoms with E-state index in [9.17, 15) is 14.0 Å². The third-order valence-corrected chi connectivity index (χ3v) is 4.56. The lowest BCUT2D eigenvalue weighted by atomic mass is 9.92. The number of nitrogens with zero attached hydrogens (tertiary/aromatic N) is 1. The van der Waals surface area contributed by atoms with E-state index in [-0.39, 0.29) is 11.6 Å². The molecule has 1 unspecified atom stereocenters. The minimum Gasteiger partial charge on any atom is -0.319 e. The highest BCUT2D eigenvalue weighted by Gasteiger charge is 2.49. The van der Waals surface area contributed by atoms with Gasteiger partial charge in [-0.2, -0.15) is 0 Å². The Morgan fingerprint density at radius 3 is 2.42 bits per heavy atom. The van der Waals surface area contributed by atoms with Gasteiger partial charge in [-0.1, -0.05) is 41.4 Å². The third-order valence-electron chi connectivity index (χ3n) is 4.00. The van der Waals surface area contributed by atoms with Crippen LogP contribution in [0.1, 0.15) is 18.1 Å². The molecular formula is C17H13Cl2FN2O2. The Balaban J connectivity index is 1.91. The molecule has 0 bridgehead atoms. The molecule has 1 fully saturated rings. The fourth-order valence-electron chi connectivity index (χ4n) is 2.69. The molecule has 24 heavy (non-hydrogen) atoms. The maximum atomic E-state index is 13.3. The Labute approximate surface area is 148 Å². The normalized spacial score (nSPS) is 20.4. The number of carbonyl (C=O) groups excluding carboxylic acids is 2. The highest BCUT2D eigenvalue weighted by atomic mass is 35.5. The van der Waals surface area contributed by atoms with Gasteiger partial charge in [-0.25, -0.2) is 9.18 Å². The molecule has 3 amide bonds. The van der Waals surface area contributed by atoms with E-state index in [1.54, 1.807) is 31.2 Å². The summed E-state index contributed by atoms with van der Waals surface area (Å²) in [5.74, 6) is -0.960. The minimum absolute atomic E-state index is 0.0829. The Morgan fingerprint density at radius 2 is 1.79 bits per heavy atom. The summed E-state index contributed by atoms with van der Waals surface area (Å²) in [5.41, 5.74) is -0.228. The van der Waals surface area contributed by atoms with Gasteiger partial charge in [-0.3, -0.25) is 9.69 Å². The molecular weight excluding hydrogens is 354 g/mol. The van der Waals surface area contributed by atoms with Gasteiger partial charge in [-0.05, 0) is 36.8 Å². The average Bonchev–Trinajstić information content (AvgIpc) is 2.73. The number of nitrogens with one attached hydrogen (secondary N) is 1. The number of urea groups is 1. The lowest BCUT2D eigenvalue weighted by Crippen LogP contribution is -2.41. The smallest absolute Gasteiger partial charge is 0.319 e. The molecule has 0 saturated carbocycles. The van der Waals surface area contributed by atoms with E-state index in [1.807, 2.05) is 0 Å². The number of imide groups is 1. The minimum atomic E-state index is -1.34. The lowest BCUT2D eigenvalue weighted by Gasteiger charge is -2.23. The topological polar surface area (TPSA) is 49.4 Å². The van der Waals surface area contributed by atoms with E-state index < -0.39 is 23.3 Å². The van der Waals surface area contributed by atoms with E-state index >= 15 is 0 Å². The van der Waals surface area contributed by atoms with E-state index in [1.165, 1.54) is 12.1 Å². The van der Waals surface area contributed by atoms with Gasteiger partial charge < -0.3 is 5.32 Å². The van der Waals surface area contributed by atoms with Gasteiger partial charge in [0.05, 0.1) is 6.54 Å². The Morgan fingerprint density at radius 1 is 1.12 bits per heavy atom. The molecule has 1 saturated heterocycles. The number of amides is 3. The molecule has 0 radical (unpaired) electrons. The highest BCUT2D eigenvalue weighted by Crippen LogP contribution is 2.34. The summed E-state index contributed by atoms with van der Waals surface area (Å²) >= 11 is 11.9. The molecule has 1 heterocycles. The summed E-state index contributed by atoms with van der Waals surface area (Å²) < 4.78 is 13.3. The molecule has 1 atom stereocenters. The Bertz CT molecular complexity index is 826. The quantitative estimate of drug-likeness (QED) is 0.831. The Kier molecular flexibility index (Phi) is 4.24. The summed E-state index contributed by atoms with van der Waals surface area (Å²) in [6.45, 7) is 1.66. The van der Waals surface area contributed by atoms with Gasteiger partial charge in [-0.15, -0.1) is 0 Å². The predicted octanol–water partition coefficient (Wildman–Crippen LogP) is 4.10. The van der Waals surface area contributed by atoms with Crippen LogP contribution in [-0.2, 0) is 16.9 Å². The standard InChI is InChI=1S/C17H13Cl2FN2O2/c1-17(13-7-6-12(20)8-14(13)19)15(23)22(16(24)21-17)9-10-2-4-11(18)5-3-10/h2-8H,9H2,1H3,(H,21,24). The second-order valence-corrected chi connectivity index (χ2v) is 6.54. The second kappa shape index (κ2) is 6.07. The largest absolute Gasteiger partial charge is 0.325 e. The van der Waals surface area contributed by atoms with Crippen LogP contribution < -0.4 is 5.32 Å². The first-order valence-corrected chi connectivity index (χ1v) is 7.91. The molecule has 0 aromatic heterocycles. The van der Waals surface area contributed by atoms with E-state index in [2.05, 4.69) is 5.32 Å². The van der Waals surface area contributed by atoms with Crippen molar-refractivity contribution in [1.82, 2.24) is 10.2 Å². The zero-order valence-corrected chi connectivity index (χ0v) is 14.2. The van der Waals surface area contributed by atoms with Crippen LogP contribution in [0.3, 0.4) is 0 Å². The number of rotatable bonds is 3. The maximum absolute atomic E-state index is 13.3. The number of benzene rings is 2. The van der Waals surface area contributed by atoms with Crippen molar-refractivity contribution >= 4 is 35.1 Å². The molecule has 3 rings (SSSR count). The SMILES string of the molecule is CC1(c2ccc(F)cc2Cl)NC(=O)N(Cc2ccc(Cl)cc2)C1=O. The fraction of sp³-hybridized carbons (Fsp3) is 0.176. The summed E-state index contributed by atoms with van der Waals surface area (Å²) in [6.07, 6.45) is 0. The first-order valence-electron chi connectivity index (χ1n) is 7.15. The summed E-state index contributed by atoms with van der Waals surface area (Å²) in [5, 5.41) is 3.29. The molecule has 0 spiro atoms. The Hall–Kier alpha value is -2.11.